The monoisotopic (exact) mass is 287 g/mol. The lowest BCUT2D eigenvalue weighted by Crippen LogP contribution is -2.19. The van der Waals surface area contributed by atoms with Gasteiger partial charge in [-0.1, -0.05) is 18.2 Å². The molecular weight excluding hydrogens is 266 g/mol. The van der Waals surface area contributed by atoms with Crippen LogP contribution in [0.5, 0.6) is 17.2 Å². The van der Waals surface area contributed by atoms with Gasteiger partial charge in [0.15, 0.2) is 0 Å². The highest BCUT2D eigenvalue weighted by atomic mass is 16.5. The molecule has 1 atom stereocenters. The van der Waals surface area contributed by atoms with Gasteiger partial charge in [0.1, 0.15) is 17.2 Å². The van der Waals surface area contributed by atoms with Crippen LogP contribution in [0.15, 0.2) is 42.5 Å². The Morgan fingerprint density at radius 3 is 2.10 bits per heavy atom. The van der Waals surface area contributed by atoms with Gasteiger partial charge in [0.25, 0.3) is 0 Å². The van der Waals surface area contributed by atoms with Crippen molar-refractivity contribution in [2.75, 3.05) is 28.4 Å². The molecule has 4 heteroatoms. The molecule has 1 N–H and O–H groups in total. The molecular formula is C17H21NO3. The molecule has 112 valence electrons. The lowest BCUT2D eigenvalue weighted by molar-refractivity contribution is 0.389. The Morgan fingerprint density at radius 2 is 1.48 bits per heavy atom. The molecule has 0 amide bonds. The maximum Gasteiger partial charge on any atom is 0.124 e. The van der Waals surface area contributed by atoms with Crippen LogP contribution in [0.3, 0.4) is 0 Å². The van der Waals surface area contributed by atoms with E-state index in [-0.39, 0.29) is 6.04 Å². The summed E-state index contributed by atoms with van der Waals surface area (Å²) in [5.74, 6) is 2.43. The fourth-order valence-corrected chi connectivity index (χ4v) is 2.45. The average Bonchev–Trinajstić information content (AvgIpc) is 2.55. The van der Waals surface area contributed by atoms with Crippen LogP contribution < -0.4 is 19.5 Å². The van der Waals surface area contributed by atoms with Gasteiger partial charge in [-0.3, -0.25) is 0 Å². The summed E-state index contributed by atoms with van der Waals surface area (Å²) in [6.45, 7) is 0. The van der Waals surface area contributed by atoms with E-state index < -0.39 is 0 Å². The molecule has 0 radical (unpaired) electrons. The second kappa shape index (κ2) is 6.99. The van der Waals surface area contributed by atoms with Crippen molar-refractivity contribution in [1.29, 1.82) is 0 Å². The van der Waals surface area contributed by atoms with Crippen molar-refractivity contribution in [1.82, 2.24) is 5.32 Å². The third-order valence-corrected chi connectivity index (χ3v) is 3.49. The van der Waals surface area contributed by atoms with E-state index in [1.54, 1.807) is 21.3 Å². The minimum absolute atomic E-state index is 0.0498. The quantitative estimate of drug-likeness (QED) is 0.886. The molecule has 0 aliphatic carbocycles. The minimum Gasteiger partial charge on any atom is -0.497 e. The number of ether oxygens (including phenoxy) is 3. The number of nitrogens with one attached hydrogen (secondary N) is 1. The molecule has 0 saturated carbocycles. The van der Waals surface area contributed by atoms with Crippen molar-refractivity contribution in [2.45, 2.75) is 6.04 Å². The fourth-order valence-electron chi connectivity index (χ4n) is 2.45. The van der Waals surface area contributed by atoms with E-state index in [2.05, 4.69) is 5.32 Å². The first-order chi connectivity index (χ1) is 10.2. The zero-order valence-electron chi connectivity index (χ0n) is 12.8. The molecule has 2 rings (SSSR count). The molecule has 0 aromatic heterocycles. The van der Waals surface area contributed by atoms with Gasteiger partial charge in [0.05, 0.1) is 27.4 Å². The minimum atomic E-state index is -0.0498. The summed E-state index contributed by atoms with van der Waals surface area (Å²) < 4.78 is 16.3. The maximum absolute atomic E-state index is 5.49. The van der Waals surface area contributed by atoms with Gasteiger partial charge >= 0.3 is 0 Å². The largest absolute Gasteiger partial charge is 0.497 e. The second-order valence-corrected chi connectivity index (χ2v) is 4.57. The fraction of sp³-hybridized carbons (Fsp3) is 0.294. The van der Waals surface area contributed by atoms with Crippen molar-refractivity contribution in [3.8, 4) is 17.2 Å². The Labute approximate surface area is 125 Å². The van der Waals surface area contributed by atoms with Gasteiger partial charge in [-0.05, 0) is 31.3 Å². The van der Waals surface area contributed by atoms with Crippen LogP contribution in [0.25, 0.3) is 0 Å². The van der Waals surface area contributed by atoms with E-state index in [9.17, 15) is 0 Å². The van der Waals surface area contributed by atoms with Gasteiger partial charge in [0.2, 0.25) is 0 Å². The number of hydrogen-bond donors (Lipinski definition) is 1. The summed E-state index contributed by atoms with van der Waals surface area (Å²) in [6.07, 6.45) is 0. The van der Waals surface area contributed by atoms with E-state index in [4.69, 9.17) is 14.2 Å². The smallest absolute Gasteiger partial charge is 0.124 e. The number of methoxy groups -OCH3 is 3. The van der Waals surface area contributed by atoms with Gasteiger partial charge < -0.3 is 19.5 Å². The van der Waals surface area contributed by atoms with Crippen molar-refractivity contribution < 1.29 is 14.2 Å². The number of para-hydroxylation sites is 1. The lowest BCUT2D eigenvalue weighted by atomic mass is 9.97. The molecule has 0 saturated heterocycles. The van der Waals surface area contributed by atoms with E-state index >= 15 is 0 Å². The normalized spacial score (nSPS) is 11.8. The molecule has 1 unspecified atom stereocenters. The van der Waals surface area contributed by atoms with Crippen molar-refractivity contribution in [3.05, 3.63) is 53.6 Å². The maximum atomic E-state index is 5.49. The third-order valence-electron chi connectivity index (χ3n) is 3.49. The van der Waals surface area contributed by atoms with Gasteiger partial charge in [-0.2, -0.15) is 0 Å². The summed E-state index contributed by atoms with van der Waals surface area (Å²) >= 11 is 0. The highest BCUT2D eigenvalue weighted by Crippen LogP contribution is 2.36. The zero-order chi connectivity index (χ0) is 15.2. The highest BCUT2D eigenvalue weighted by molar-refractivity contribution is 5.49. The van der Waals surface area contributed by atoms with Crippen LogP contribution in [0.2, 0.25) is 0 Å². The van der Waals surface area contributed by atoms with Crippen molar-refractivity contribution >= 4 is 0 Å². The van der Waals surface area contributed by atoms with Crippen LogP contribution >= 0.6 is 0 Å². The summed E-state index contributed by atoms with van der Waals surface area (Å²) in [6, 6.07) is 13.7. The Hall–Kier alpha value is -2.20. The van der Waals surface area contributed by atoms with Gasteiger partial charge in [-0.15, -0.1) is 0 Å². The number of hydrogen-bond acceptors (Lipinski definition) is 4. The van der Waals surface area contributed by atoms with Gasteiger partial charge in [0, 0.05) is 11.1 Å². The first-order valence-electron chi connectivity index (χ1n) is 6.77. The molecule has 0 bridgehead atoms. The molecule has 0 fully saturated rings. The Bertz CT molecular complexity index is 598. The molecule has 2 aromatic rings. The summed E-state index contributed by atoms with van der Waals surface area (Å²) in [7, 11) is 6.91. The number of rotatable bonds is 6. The Kier molecular flexibility index (Phi) is 5.06. The topological polar surface area (TPSA) is 39.7 Å². The van der Waals surface area contributed by atoms with Crippen LogP contribution in [0.1, 0.15) is 17.2 Å². The molecule has 0 heterocycles. The van der Waals surface area contributed by atoms with Crippen LogP contribution in [0, 0.1) is 0 Å². The van der Waals surface area contributed by atoms with Crippen LogP contribution in [-0.2, 0) is 0 Å². The summed E-state index contributed by atoms with van der Waals surface area (Å²) in [5.41, 5.74) is 2.05. The van der Waals surface area contributed by atoms with Crippen molar-refractivity contribution in [2.24, 2.45) is 0 Å². The highest BCUT2D eigenvalue weighted by Gasteiger charge is 2.20. The van der Waals surface area contributed by atoms with E-state index in [0.29, 0.717) is 0 Å². The van der Waals surface area contributed by atoms with Crippen molar-refractivity contribution in [3.63, 3.8) is 0 Å². The molecule has 0 aliphatic heterocycles. The molecule has 0 aliphatic rings. The second-order valence-electron chi connectivity index (χ2n) is 4.57. The predicted octanol–water partition coefficient (Wildman–Crippen LogP) is 3.02. The number of benzene rings is 2. The Morgan fingerprint density at radius 1 is 0.810 bits per heavy atom. The van der Waals surface area contributed by atoms with Crippen LogP contribution in [0.4, 0.5) is 0 Å². The molecule has 21 heavy (non-hydrogen) atoms. The molecule has 0 spiro atoms. The standard InChI is InChI=1S/C17H21NO3/c1-18-17(13-7-5-6-8-15(13)20-3)14-11-12(19-2)9-10-16(14)21-4/h5-11,17-18H,1-4H3. The Balaban J connectivity index is 2.55. The third kappa shape index (κ3) is 3.11. The first kappa shape index (κ1) is 15.2. The summed E-state index contributed by atoms with van der Waals surface area (Å²) in [5, 5.41) is 3.32. The average molecular weight is 287 g/mol. The first-order valence-corrected chi connectivity index (χ1v) is 6.77. The molecule has 2 aromatic carbocycles. The SMILES string of the molecule is CNC(c1ccccc1OC)c1cc(OC)ccc1OC. The predicted molar refractivity (Wildman–Crippen MR) is 83.4 cm³/mol. The lowest BCUT2D eigenvalue weighted by Gasteiger charge is -2.22. The van der Waals surface area contributed by atoms with Gasteiger partial charge in [-0.25, -0.2) is 0 Å². The molecule has 4 nitrogen and oxygen atoms in total. The summed E-state index contributed by atoms with van der Waals surface area (Å²) in [4.78, 5) is 0. The van der Waals surface area contributed by atoms with E-state index in [1.165, 1.54) is 0 Å². The van der Waals surface area contributed by atoms with Crippen LogP contribution in [-0.4, -0.2) is 28.4 Å². The van der Waals surface area contributed by atoms with E-state index in [0.717, 1.165) is 28.4 Å². The zero-order valence-corrected chi connectivity index (χ0v) is 12.8. The van der Waals surface area contributed by atoms with E-state index in [1.807, 2.05) is 49.5 Å².